The summed E-state index contributed by atoms with van der Waals surface area (Å²) in [5.41, 5.74) is 8.66. The average Bonchev–Trinajstić information content (AvgIpc) is 3.80. The Morgan fingerprint density at radius 1 is 0.511 bits per heavy atom. The molecule has 0 spiro atoms. The Morgan fingerprint density at radius 2 is 1.22 bits per heavy atom. The number of nitrogens with zero attached hydrogens (tertiary/aromatic N) is 1. The van der Waals surface area contributed by atoms with Gasteiger partial charge in [-0.1, -0.05) is 115 Å². The van der Waals surface area contributed by atoms with Crippen LogP contribution in [0.15, 0.2) is 150 Å². The van der Waals surface area contributed by atoms with Gasteiger partial charge in [0.05, 0.1) is 16.7 Å². The summed E-state index contributed by atoms with van der Waals surface area (Å²) in [5, 5.41) is 11.9. The van der Waals surface area contributed by atoms with Crippen LogP contribution in [0.3, 0.4) is 0 Å². The van der Waals surface area contributed by atoms with Gasteiger partial charge in [0.25, 0.3) is 0 Å². The maximum absolute atomic E-state index is 3.86. The standard InChI is InChI=1S/C41H26N2S2/c1-2-8-30-27(7-1)19-22-34-38(30)31-9-3-5-11-33(31)43(34)29-20-17-26(18-21-29)25-13-15-28(16-14-25)41-42-40-37(45-41)24-23-36-39(40)32-10-4-6-12-35(32)44-36/h1-24,41-42H. The van der Waals surface area contributed by atoms with Crippen molar-refractivity contribution in [1.29, 1.82) is 0 Å². The van der Waals surface area contributed by atoms with Crippen LogP contribution in [0.2, 0.25) is 0 Å². The summed E-state index contributed by atoms with van der Waals surface area (Å²) in [7, 11) is 0. The highest BCUT2D eigenvalue weighted by Crippen LogP contribution is 2.52. The van der Waals surface area contributed by atoms with Crippen molar-refractivity contribution in [2.75, 3.05) is 5.32 Å². The second-order valence-electron chi connectivity index (χ2n) is 11.8. The van der Waals surface area contributed by atoms with E-state index >= 15 is 0 Å². The van der Waals surface area contributed by atoms with E-state index in [9.17, 15) is 0 Å². The molecule has 1 unspecified atom stereocenters. The van der Waals surface area contributed by atoms with Gasteiger partial charge in [-0.3, -0.25) is 0 Å². The van der Waals surface area contributed by atoms with Crippen LogP contribution in [0.1, 0.15) is 10.9 Å². The molecular formula is C41H26N2S2. The van der Waals surface area contributed by atoms with E-state index in [0.29, 0.717) is 0 Å². The predicted octanol–water partition coefficient (Wildman–Crippen LogP) is 12.2. The molecule has 2 aromatic heterocycles. The lowest BCUT2D eigenvalue weighted by molar-refractivity contribution is 1.14. The fourth-order valence-electron chi connectivity index (χ4n) is 7.15. The van der Waals surface area contributed by atoms with Gasteiger partial charge in [-0.25, -0.2) is 0 Å². The zero-order valence-corrected chi connectivity index (χ0v) is 25.8. The monoisotopic (exact) mass is 610 g/mol. The van der Waals surface area contributed by atoms with Gasteiger partial charge in [-0.15, -0.1) is 11.3 Å². The normalized spacial score (nSPS) is 14.5. The van der Waals surface area contributed by atoms with Crippen molar-refractivity contribution in [3.63, 3.8) is 0 Å². The topological polar surface area (TPSA) is 17.0 Å². The van der Waals surface area contributed by atoms with Gasteiger partial charge < -0.3 is 9.88 Å². The first kappa shape index (κ1) is 25.3. The van der Waals surface area contributed by atoms with E-state index in [1.807, 2.05) is 23.1 Å². The molecular weight excluding hydrogens is 585 g/mol. The minimum Gasteiger partial charge on any atom is -0.368 e. The van der Waals surface area contributed by atoms with Gasteiger partial charge in [0.2, 0.25) is 0 Å². The molecule has 2 nitrogen and oxygen atoms in total. The molecule has 0 fully saturated rings. The number of aromatic nitrogens is 1. The second-order valence-corrected chi connectivity index (χ2v) is 14.0. The molecule has 1 atom stereocenters. The van der Waals surface area contributed by atoms with Crippen molar-refractivity contribution in [2.24, 2.45) is 0 Å². The van der Waals surface area contributed by atoms with Gasteiger partial charge in [-0.05, 0) is 69.9 Å². The summed E-state index contributed by atoms with van der Waals surface area (Å²) >= 11 is 3.79. The molecule has 45 heavy (non-hydrogen) atoms. The van der Waals surface area contributed by atoms with Crippen LogP contribution >= 0.6 is 23.1 Å². The van der Waals surface area contributed by atoms with E-state index in [-0.39, 0.29) is 5.37 Å². The first-order valence-electron chi connectivity index (χ1n) is 15.3. The van der Waals surface area contributed by atoms with Gasteiger partial charge in [0, 0.05) is 41.5 Å². The lowest BCUT2D eigenvalue weighted by Crippen LogP contribution is -2.01. The second kappa shape index (κ2) is 9.73. The first-order valence-corrected chi connectivity index (χ1v) is 17.0. The van der Waals surface area contributed by atoms with Crippen LogP contribution in [0, 0.1) is 0 Å². The third kappa shape index (κ3) is 3.83. The number of rotatable bonds is 3. The average molecular weight is 611 g/mol. The molecule has 0 bridgehead atoms. The molecule has 0 aliphatic carbocycles. The predicted molar refractivity (Wildman–Crippen MR) is 195 cm³/mol. The number of hydrogen-bond donors (Lipinski definition) is 1. The zero-order chi connectivity index (χ0) is 29.5. The van der Waals surface area contributed by atoms with Gasteiger partial charge in [-0.2, -0.15) is 0 Å². The Hall–Kier alpha value is -5.03. The number of benzene rings is 7. The summed E-state index contributed by atoms with van der Waals surface area (Å²) in [5.74, 6) is 0. The van der Waals surface area contributed by atoms with E-state index < -0.39 is 0 Å². The number of para-hydroxylation sites is 1. The maximum Gasteiger partial charge on any atom is 0.103 e. The number of anilines is 1. The maximum atomic E-state index is 3.86. The number of nitrogens with one attached hydrogen (secondary N) is 1. The highest BCUT2D eigenvalue weighted by atomic mass is 32.2. The SMILES string of the molecule is c1ccc2c(c1)ccc1c2c2ccccc2n1-c1ccc(-c2ccc(C3Nc4c(ccc5sc6ccccc6c45)S3)cc2)cc1. The molecule has 212 valence electrons. The molecule has 9 aromatic rings. The molecule has 0 radical (unpaired) electrons. The van der Waals surface area contributed by atoms with Gasteiger partial charge in [0.1, 0.15) is 5.37 Å². The Kier molecular flexibility index (Phi) is 5.48. The first-order chi connectivity index (χ1) is 22.3. The van der Waals surface area contributed by atoms with Crippen molar-refractivity contribution in [2.45, 2.75) is 10.3 Å². The van der Waals surface area contributed by atoms with Crippen molar-refractivity contribution in [3.8, 4) is 16.8 Å². The lowest BCUT2D eigenvalue weighted by atomic mass is 10.0. The van der Waals surface area contributed by atoms with E-state index in [0.717, 1.165) is 0 Å². The van der Waals surface area contributed by atoms with Crippen molar-refractivity contribution >= 4 is 81.5 Å². The Balaban J connectivity index is 0.977. The molecule has 0 amide bonds. The molecule has 1 N–H and O–H groups in total. The molecule has 0 saturated carbocycles. The van der Waals surface area contributed by atoms with E-state index in [2.05, 4.69) is 155 Å². The summed E-state index contributed by atoms with van der Waals surface area (Å²) < 4.78 is 5.09. The number of thioether (sulfide) groups is 1. The number of hydrogen-bond acceptors (Lipinski definition) is 3. The highest BCUT2D eigenvalue weighted by molar-refractivity contribution is 8.00. The summed E-state index contributed by atoms with van der Waals surface area (Å²) in [6.45, 7) is 0. The smallest absolute Gasteiger partial charge is 0.103 e. The Morgan fingerprint density at radius 3 is 2.07 bits per heavy atom. The molecule has 3 heterocycles. The molecule has 1 aliphatic rings. The van der Waals surface area contributed by atoms with E-state index in [1.165, 1.54) is 85.7 Å². The van der Waals surface area contributed by atoms with Gasteiger partial charge >= 0.3 is 0 Å². The third-order valence-corrected chi connectivity index (χ3v) is 11.6. The molecule has 1 aliphatic heterocycles. The number of thiophene rings is 1. The highest BCUT2D eigenvalue weighted by Gasteiger charge is 2.26. The Bertz CT molecular complexity index is 2590. The summed E-state index contributed by atoms with van der Waals surface area (Å²) in [4.78, 5) is 1.33. The van der Waals surface area contributed by atoms with Crippen LogP contribution in [0.4, 0.5) is 5.69 Å². The molecule has 10 rings (SSSR count). The lowest BCUT2D eigenvalue weighted by Gasteiger charge is -2.13. The van der Waals surface area contributed by atoms with Crippen LogP contribution in [-0.4, -0.2) is 4.57 Å². The van der Waals surface area contributed by atoms with Crippen molar-refractivity contribution < 1.29 is 0 Å². The minimum atomic E-state index is 0.201. The van der Waals surface area contributed by atoms with Crippen molar-refractivity contribution in [1.82, 2.24) is 4.57 Å². The summed E-state index contributed by atoms with van der Waals surface area (Å²) in [6, 6.07) is 53.4. The van der Waals surface area contributed by atoms with Gasteiger partial charge in [0.15, 0.2) is 0 Å². The molecule has 7 aromatic carbocycles. The van der Waals surface area contributed by atoms with Crippen LogP contribution in [0.5, 0.6) is 0 Å². The number of fused-ring (bicyclic) bond motifs is 10. The third-order valence-electron chi connectivity index (χ3n) is 9.26. The largest absolute Gasteiger partial charge is 0.368 e. The van der Waals surface area contributed by atoms with Crippen LogP contribution in [-0.2, 0) is 0 Å². The summed E-state index contributed by atoms with van der Waals surface area (Å²) in [6.07, 6.45) is 0. The van der Waals surface area contributed by atoms with E-state index in [4.69, 9.17) is 0 Å². The molecule has 4 heteroatoms. The fourth-order valence-corrected chi connectivity index (χ4v) is 9.41. The zero-order valence-electron chi connectivity index (χ0n) is 24.2. The van der Waals surface area contributed by atoms with E-state index in [1.54, 1.807) is 0 Å². The molecule has 0 saturated heterocycles. The fraction of sp³-hybridized carbons (Fsp3) is 0.0244. The Labute approximate surface area is 268 Å². The van der Waals surface area contributed by atoms with Crippen LogP contribution in [0.25, 0.3) is 69.6 Å². The van der Waals surface area contributed by atoms with Crippen molar-refractivity contribution in [3.05, 3.63) is 151 Å². The van der Waals surface area contributed by atoms with Crippen LogP contribution < -0.4 is 5.32 Å². The quantitative estimate of drug-likeness (QED) is 0.214. The minimum absolute atomic E-state index is 0.201.